The molecule has 1 fully saturated rings. The number of carbonyl (C=O) groups is 1. The number of carbonyl (C=O) groups excluding carboxylic acids is 1. The summed E-state index contributed by atoms with van der Waals surface area (Å²) in [6, 6.07) is 18.4. The number of aromatic nitrogens is 3. The molecule has 0 radical (unpaired) electrons. The Kier molecular flexibility index (Phi) is 6.08. The zero-order valence-corrected chi connectivity index (χ0v) is 18.8. The quantitative estimate of drug-likeness (QED) is 0.410. The van der Waals surface area contributed by atoms with Crippen molar-refractivity contribution in [2.24, 2.45) is 5.92 Å². The van der Waals surface area contributed by atoms with Crippen molar-refractivity contribution < 1.29 is 13.9 Å². The first-order valence-electron chi connectivity index (χ1n) is 11.4. The smallest absolute Gasteiger partial charge is 0.224 e. The summed E-state index contributed by atoms with van der Waals surface area (Å²) >= 11 is 0. The molecular weight excluding hydrogens is 431 g/mol. The average Bonchev–Trinajstić information content (AvgIpc) is 3.55. The molecule has 7 heteroatoms. The molecule has 2 atom stereocenters. The van der Waals surface area contributed by atoms with Gasteiger partial charge in [-0.2, -0.15) is 5.10 Å². The number of nitrogens with zero attached hydrogens (tertiary/aromatic N) is 3. The highest BCUT2D eigenvalue weighted by Gasteiger charge is 2.46. The van der Waals surface area contributed by atoms with Crippen LogP contribution in [0.3, 0.4) is 0 Å². The average molecular weight is 457 g/mol. The van der Waals surface area contributed by atoms with E-state index in [0.29, 0.717) is 24.4 Å². The van der Waals surface area contributed by atoms with Crippen LogP contribution in [0.25, 0.3) is 16.9 Å². The van der Waals surface area contributed by atoms with E-state index in [1.54, 1.807) is 23.1 Å². The Morgan fingerprint density at radius 3 is 2.68 bits per heavy atom. The van der Waals surface area contributed by atoms with Crippen LogP contribution in [-0.4, -0.2) is 27.3 Å². The largest absolute Gasteiger partial charge is 0.491 e. The SMILES string of the molecule is CCOc1ccc(-c2nn(-c3ccccc3)cc2C2CC2C(=O)NCc2ccncc2)cc1F. The Morgan fingerprint density at radius 2 is 1.94 bits per heavy atom. The lowest BCUT2D eigenvalue weighted by Gasteiger charge is -2.07. The fraction of sp³-hybridized carbons (Fsp3) is 0.222. The number of hydrogen-bond donors (Lipinski definition) is 1. The van der Waals surface area contributed by atoms with E-state index >= 15 is 0 Å². The van der Waals surface area contributed by atoms with Crippen LogP contribution < -0.4 is 10.1 Å². The van der Waals surface area contributed by atoms with E-state index in [1.807, 2.05) is 61.7 Å². The first-order chi connectivity index (χ1) is 16.6. The van der Waals surface area contributed by atoms with Gasteiger partial charge in [0.25, 0.3) is 0 Å². The number of amides is 1. The highest BCUT2D eigenvalue weighted by atomic mass is 19.1. The minimum atomic E-state index is -0.429. The van der Waals surface area contributed by atoms with Gasteiger partial charge in [-0.25, -0.2) is 9.07 Å². The van der Waals surface area contributed by atoms with Crippen LogP contribution in [-0.2, 0) is 11.3 Å². The lowest BCUT2D eigenvalue weighted by molar-refractivity contribution is -0.122. The molecule has 0 bridgehead atoms. The molecule has 34 heavy (non-hydrogen) atoms. The van der Waals surface area contributed by atoms with Gasteiger partial charge in [0.2, 0.25) is 5.91 Å². The lowest BCUT2D eigenvalue weighted by atomic mass is 10.0. The van der Waals surface area contributed by atoms with E-state index in [2.05, 4.69) is 10.3 Å². The molecule has 1 amide bonds. The van der Waals surface area contributed by atoms with Gasteiger partial charge in [0, 0.05) is 42.2 Å². The van der Waals surface area contributed by atoms with E-state index in [1.165, 1.54) is 6.07 Å². The first kappa shape index (κ1) is 21.8. The number of ether oxygens (including phenoxy) is 1. The second-order valence-electron chi connectivity index (χ2n) is 8.31. The van der Waals surface area contributed by atoms with Gasteiger partial charge in [0.15, 0.2) is 11.6 Å². The summed E-state index contributed by atoms with van der Waals surface area (Å²) in [6.45, 7) is 2.67. The van der Waals surface area contributed by atoms with Crippen LogP contribution in [0.15, 0.2) is 79.3 Å². The molecule has 1 N–H and O–H groups in total. The van der Waals surface area contributed by atoms with Crippen molar-refractivity contribution in [1.82, 2.24) is 20.1 Å². The molecule has 172 valence electrons. The summed E-state index contributed by atoms with van der Waals surface area (Å²) in [6.07, 6.45) is 6.11. The molecule has 2 aromatic carbocycles. The summed E-state index contributed by atoms with van der Waals surface area (Å²) in [4.78, 5) is 16.8. The number of nitrogens with one attached hydrogen (secondary N) is 1. The van der Waals surface area contributed by atoms with Crippen molar-refractivity contribution in [2.75, 3.05) is 6.61 Å². The zero-order valence-electron chi connectivity index (χ0n) is 18.8. The third-order valence-corrected chi connectivity index (χ3v) is 6.01. The number of hydrogen-bond acceptors (Lipinski definition) is 4. The highest BCUT2D eigenvalue weighted by molar-refractivity contribution is 5.83. The molecule has 6 nitrogen and oxygen atoms in total. The number of halogens is 1. The second kappa shape index (κ2) is 9.47. The van der Waals surface area contributed by atoms with Crippen LogP contribution in [0.5, 0.6) is 5.75 Å². The predicted molar refractivity (Wildman–Crippen MR) is 127 cm³/mol. The van der Waals surface area contributed by atoms with Gasteiger partial charge in [-0.3, -0.25) is 9.78 Å². The van der Waals surface area contributed by atoms with E-state index in [4.69, 9.17) is 9.84 Å². The third kappa shape index (κ3) is 4.55. The molecule has 4 aromatic rings. The molecule has 0 saturated heterocycles. The predicted octanol–water partition coefficient (Wildman–Crippen LogP) is 4.89. The Morgan fingerprint density at radius 1 is 1.15 bits per heavy atom. The maximum absolute atomic E-state index is 14.6. The monoisotopic (exact) mass is 456 g/mol. The minimum absolute atomic E-state index is 0.0121. The standard InChI is InChI=1S/C27H25FN4O2/c1-2-34-25-9-8-19(14-24(25)28)26-23(17-32(31-26)20-6-4-3-5-7-20)21-15-22(21)27(33)30-16-18-10-12-29-13-11-18/h3-14,17,21-22H,2,15-16H2,1H3,(H,30,33). The second-order valence-corrected chi connectivity index (χ2v) is 8.31. The molecule has 2 heterocycles. The van der Waals surface area contributed by atoms with E-state index < -0.39 is 5.82 Å². The molecule has 0 aliphatic heterocycles. The van der Waals surface area contributed by atoms with Crippen LogP contribution in [0.2, 0.25) is 0 Å². The van der Waals surface area contributed by atoms with Crippen molar-refractivity contribution >= 4 is 5.91 Å². The normalized spacial score (nSPS) is 16.8. The van der Waals surface area contributed by atoms with Crippen LogP contribution in [0.4, 0.5) is 4.39 Å². The molecular formula is C27H25FN4O2. The Bertz CT molecular complexity index is 1290. The first-order valence-corrected chi connectivity index (χ1v) is 11.4. The fourth-order valence-corrected chi connectivity index (χ4v) is 4.17. The van der Waals surface area contributed by atoms with Crippen LogP contribution >= 0.6 is 0 Å². The highest BCUT2D eigenvalue weighted by Crippen LogP contribution is 2.50. The molecule has 1 saturated carbocycles. The van der Waals surface area contributed by atoms with Gasteiger partial charge in [-0.15, -0.1) is 0 Å². The van der Waals surface area contributed by atoms with E-state index in [0.717, 1.165) is 23.2 Å². The van der Waals surface area contributed by atoms with Gasteiger partial charge in [-0.1, -0.05) is 18.2 Å². The van der Waals surface area contributed by atoms with Gasteiger partial charge < -0.3 is 10.1 Å². The van der Waals surface area contributed by atoms with Crippen molar-refractivity contribution in [3.63, 3.8) is 0 Å². The molecule has 2 unspecified atom stereocenters. The van der Waals surface area contributed by atoms with Crippen molar-refractivity contribution in [3.05, 3.63) is 96.2 Å². The van der Waals surface area contributed by atoms with Crippen molar-refractivity contribution in [1.29, 1.82) is 0 Å². The molecule has 5 rings (SSSR count). The Balaban J connectivity index is 1.42. The maximum Gasteiger partial charge on any atom is 0.224 e. The summed E-state index contributed by atoms with van der Waals surface area (Å²) in [7, 11) is 0. The Hall–Kier alpha value is -4.00. The molecule has 0 spiro atoms. The van der Waals surface area contributed by atoms with Crippen LogP contribution in [0.1, 0.15) is 30.4 Å². The topological polar surface area (TPSA) is 69.0 Å². The van der Waals surface area contributed by atoms with Crippen molar-refractivity contribution in [3.8, 4) is 22.7 Å². The lowest BCUT2D eigenvalue weighted by Crippen LogP contribution is -2.24. The summed E-state index contributed by atoms with van der Waals surface area (Å²) < 4.78 is 21.8. The van der Waals surface area contributed by atoms with Crippen molar-refractivity contribution in [2.45, 2.75) is 25.8 Å². The molecule has 1 aliphatic rings. The van der Waals surface area contributed by atoms with Crippen LogP contribution in [0, 0.1) is 11.7 Å². The van der Waals surface area contributed by atoms with Gasteiger partial charge >= 0.3 is 0 Å². The van der Waals surface area contributed by atoms with Gasteiger partial charge in [-0.05, 0) is 67.3 Å². The fourth-order valence-electron chi connectivity index (χ4n) is 4.17. The molecule has 2 aromatic heterocycles. The Labute approximate surface area is 197 Å². The summed E-state index contributed by atoms with van der Waals surface area (Å²) in [5.74, 6) is -0.309. The maximum atomic E-state index is 14.6. The third-order valence-electron chi connectivity index (χ3n) is 6.01. The van der Waals surface area contributed by atoms with Gasteiger partial charge in [0.1, 0.15) is 0 Å². The molecule has 1 aliphatic carbocycles. The van der Waals surface area contributed by atoms with E-state index in [-0.39, 0.29) is 23.5 Å². The van der Waals surface area contributed by atoms with Gasteiger partial charge in [0.05, 0.1) is 18.0 Å². The number of benzene rings is 2. The summed E-state index contributed by atoms with van der Waals surface area (Å²) in [5, 5.41) is 7.81. The zero-order chi connectivity index (χ0) is 23.5. The minimum Gasteiger partial charge on any atom is -0.491 e. The number of rotatable bonds is 8. The van der Waals surface area contributed by atoms with E-state index in [9.17, 15) is 9.18 Å². The number of para-hydroxylation sites is 1. The summed E-state index contributed by atoms with van der Waals surface area (Å²) in [5.41, 5.74) is 4.19. The number of pyridine rings is 1.